The molecule has 0 radical (unpaired) electrons. The number of aromatic nitrogens is 3. The Morgan fingerprint density at radius 2 is 2.17 bits per heavy atom. The number of carbonyl (C=O) groups is 1. The van der Waals surface area contributed by atoms with Crippen LogP contribution < -0.4 is 0 Å². The molecule has 0 saturated heterocycles. The highest BCUT2D eigenvalue weighted by Gasteiger charge is 2.24. The molecule has 1 aliphatic carbocycles. The van der Waals surface area contributed by atoms with Crippen molar-refractivity contribution < 1.29 is 4.79 Å². The second kappa shape index (κ2) is 5.95. The lowest BCUT2D eigenvalue weighted by atomic mass is 10.0. The van der Waals surface area contributed by atoms with Gasteiger partial charge < -0.3 is 4.90 Å². The molecule has 0 unspecified atom stereocenters. The van der Waals surface area contributed by atoms with Crippen molar-refractivity contribution >= 4 is 11.6 Å². The molecule has 1 aliphatic heterocycles. The van der Waals surface area contributed by atoms with E-state index in [0.717, 1.165) is 42.2 Å². The van der Waals surface area contributed by atoms with E-state index < -0.39 is 0 Å². The van der Waals surface area contributed by atoms with Crippen LogP contribution in [0.5, 0.6) is 0 Å². The van der Waals surface area contributed by atoms with Gasteiger partial charge in [-0.25, -0.2) is 9.50 Å². The number of rotatable bonds is 3. The van der Waals surface area contributed by atoms with Crippen molar-refractivity contribution in [1.82, 2.24) is 19.5 Å². The first-order chi connectivity index (χ1) is 11.2. The first-order valence-corrected chi connectivity index (χ1v) is 8.81. The SMILES string of the molecule is Cc1cc2ncc3c(n2n1)CCN(C(=O)CCC1CCCC1)C3. The fraction of sp³-hybridized carbons (Fsp3) is 0.611. The van der Waals surface area contributed by atoms with Crippen LogP contribution in [0.2, 0.25) is 0 Å². The monoisotopic (exact) mass is 312 g/mol. The van der Waals surface area contributed by atoms with Gasteiger partial charge in [-0.05, 0) is 19.3 Å². The number of carbonyl (C=O) groups excluding carboxylic acids is 1. The van der Waals surface area contributed by atoms with Gasteiger partial charge in [-0.3, -0.25) is 4.79 Å². The first kappa shape index (κ1) is 14.7. The zero-order valence-electron chi connectivity index (χ0n) is 13.8. The summed E-state index contributed by atoms with van der Waals surface area (Å²) in [6.45, 7) is 3.47. The van der Waals surface area contributed by atoms with E-state index in [-0.39, 0.29) is 0 Å². The van der Waals surface area contributed by atoms with Gasteiger partial charge in [-0.15, -0.1) is 0 Å². The van der Waals surface area contributed by atoms with E-state index in [0.29, 0.717) is 18.9 Å². The van der Waals surface area contributed by atoms with Crippen molar-refractivity contribution in [2.24, 2.45) is 5.92 Å². The summed E-state index contributed by atoms with van der Waals surface area (Å²) < 4.78 is 1.95. The Bertz CT molecular complexity index is 730. The lowest BCUT2D eigenvalue weighted by Gasteiger charge is -2.29. The van der Waals surface area contributed by atoms with Gasteiger partial charge in [-0.2, -0.15) is 5.10 Å². The molecule has 2 aromatic rings. The van der Waals surface area contributed by atoms with E-state index in [2.05, 4.69) is 10.1 Å². The predicted octanol–water partition coefficient (Wildman–Crippen LogP) is 2.89. The standard InChI is InChI=1S/C18H24N4O/c1-13-10-17-19-11-15-12-21(9-8-16(15)22(17)20-13)18(23)7-6-14-4-2-3-5-14/h10-11,14H,2-9,12H2,1H3. The summed E-state index contributed by atoms with van der Waals surface area (Å²) in [4.78, 5) is 19.0. The van der Waals surface area contributed by atoms with E-state index in [1.54, 1.807) is 0 Å². The average molecular weight is 312 g/mol. The zero-order chi connectivity index (χ0) is 15.8. The van der Waals surface area contributed by atoms with E-state index >= 15 is 0 Å². The fourth-order valence-corrected chi connectivity index (χ4v) is 4.05. The summed E-state index contributed by atoms with van der Waals surface area (Å²) in [5.74, 6) is 1.09. The predicted molar refractivity (Wildman–Crippen MR) is 88.0 cm³/mol. The fourth-order valence-electron chi connectivity index (χ4n) is 4.05. The Kier molecular flexibility index (Phi) is 3.79. The number of amides is 1. The van der Waals surface area contributed by atoms with Gasteiger partial charge in [0.05, 0.1) is 11.4 Å². The number of fused-ring (bicyclic) bond motifs is 3. The molecular weight excluding hydrogens is 288 g/mol. The Labute approximate surface area is 136 Å². The van der Waals surface area contributed by atoms with Crippen molar-refractivity contribution in [3.05, 3.63) is 29.2 Å². The topological polar surface area (TPSA) is 50.5 Å². The van der Waals surface area contributed by atoms with E-state index in [4.69, 9.17) is 0 Å². The highest BCUT2D eigenvalue weighted by Crippen LogP contribution is 2.29. The van der Waals surface area contributed by atoms with Gasteiger partial charge in [0.2, 0.25) is 5.91 Å². The molecule has 122 valence electrons. The maximum atomic E-state index is 12.5. The lowest BCUT2D eigenvalue weighted by Crippen LogP contribution is -2.37. The average Bonchev–Trinajstić information content (AvgIpc) is 3.20. The molecule has 23 heavy (non-hydrogen) atoms. The number of nitrogens with zero attached hydrogens (tertiary/aromatic N) is 4. The Balaban J connectivity index is 1.45. The molecule has 1 amide bonds. The maximum Gasteiger partial charge on any atom is 0.222 e. The molecule has 1 saturated carbocycles. The summed E-state index contributed by atoms with van der Waals surface area (Å²) in [5, 5.41) is 4.54. The third-order valence-corrected chi connectivity index (χ3v) is 5.37. The Morgan fingerprint density at radius 1 is 1.35 bits per heavy atom. The summed E-state index contributed by atoms with van der Waals surface area (Å²) in [6, 6.07) is 2.00. The van der Waals surface area contributed by atoms with Crippen LogP contribution in [-0.2, 0) is 17.8 Å². The molecule has 0 atom stereocenters. The maximum absolute atomic E-state index is 12.5. The normalized spacial score (nSPS) is 18.6. The van der Waals surface area contributed by atoms with Crippen molar-refractivity contribution in [1.29, 1.82) is 0 Å². The van der Waals surface area contributed by atoms with Crippen LogP contribution in [0.15, 0.2) is 12.3 Å². The molecule has 0 N–H and O–H groups in total. The minimum atomic E-state index is 0.305. The second-order valence-corrected chi connectivity index (χ2v) is 7.04. The zero-order valence-corrected chi connectivity index (χ0v) is 13.8. The lowest BCUT2D eigenvalue weighted by molar-refractivity contribution is -0.132. The van der Waals surface area contributed by atoms with Gasteiger partial charge >= 0.3 is 0 Å². The number of aryl methyl sites for hydroxylation is 1. The van der Waals surface area contributed by atoms with Gasteiger partial charge in [0.25, 0.3) is 0 Å². The number of hydrogen-bond acceptors (Lipinski definition) is 3. The largest absolute Gasteiger partial charge is 0.338 e. The summed E-state index contributed by atoms with van der Waals surface area (Å²) >= 11 is 0. The highest BCUT2D eigenvalue weighted by atomic mass is 16.2. The second-order valence-electron chi connectivity index (χ2n) is 7.04. The third kappa shape index (κ3) is 2.84. The highest BCUT2D eigenvalue weighted by molar-refractivity contribution is 5.76. The molecular formula is C18H24N4O. The Hall–Kier alpha value is -1.91. The van der Waals surface area contributed by atoms with Crippen LogP contribution in [0, 0.1) is 12.8 Å². The van der Waals surface area contributed by atoms with E-state index in [1.807, 2.05) is 28.6 Å². The smallest absolute Gasteiger partial charge is 0.222 e. The number of hydrogen-bond donors (Lipinski definition) is 0. The molecule has 5 nitrogen and oxygen atoms in total. The molecule has 0 spiro atoms. The van der Waals surface area contributed by atoms with Crippen LogP contribution in [-0.4, -0.2) is 31.9 Å². The molecule has 2 aromatic heterocycles. The van der Waals surface area contributed by atoms with Crippen molar-refractivity contribution in [3.63, 3.8) is 0 Å². The van der Waals surface area contributed by atoms with Gasteiger partial charge in [0, 0.05) is 43.8 Å². The molecule has 2 aliphatic rings. The van der Waals surface area contributed by atoms with E-state index in [1.165, 1.54) is 31.4 Å². The van der Waals surface area contributed by atoms with Gasteiger partial charge in [0.15, 0.2) is 5.65 Å². The Morgan fingerprint density at radius 3 is 3.00 bits per heavy atom. The summed E-state index contributed by atoms with van der Waals surface area (Å²) in [5.41, 5.74) is 4.24. The van der Waals surface area contributed by atoms with Crippen LogP contribution in [0.4, 0.5) is 0 Å². The minimum absolute atomic E-state index is 0.305. The molecule has 0 bridgehead atoms. The summed E-state index contributed by atoms with van der Waals surface area (Å²) in [6.07, 6.45) is 9.89. The van der Waals surface area contributed by atoms with Gasteiger partial charge in [0.1, 0.15) is 0 Å². The van der Waals surface area contributed by atoms with Crippen molar-refractivity contribution in [2.75, 3.05) is 6.54 Å². The van der Waals surface area contributed by atoms with Crippen molar-refractivity contribution in [2.45, 2.75) is 58.4 Å². The molecule has 3 heterocycles. The third-order valence-electron chi connectivity index (χ3n) is 5.37. The van der Waals surface area contributed by atoms with Crippen LogP contribution in [0.25, 0.3) is 5.65 Å². The molecule has 1 fully saturated rings. The van der Waals surface area contributed by atoms with Crippen LogP contribution in [0.3, 0.4) is 0 Å². The molecule has 5 heteroatoms. The van der Waals surface area contributed by atoms with Crippen LogP contribution >= 0.6 is 0 Å². The van der Waals surface area contributed by atoms with E-state index in [9.17, 15) is 4.79 Å². The van der Waals surface area contributed by atoms with Crippen molar-refractivity contribution in [3.8, 4) is 0 Å². The minimum Gasteiger partial charge on any atom is -0.338 e. The summed E-state index contributed by atoms with van der Waals surface area (Å²) in [7, 11) is 0. The molecule has 4 rings (SSSR count). The van der Waals surface area contributed by atoms with Crippen LogP contribution in [0.1, 0.15) is 55.5 Å². The quantitative estimate of drug-likeness (QED) is 0.875. The van der Waals surface area contributed by atoms with Gasteiger partial charge in [-0.1, -0.05) is 25.7 Å². The first-order valence-electron chi connectivity index (χ1n) is 8.81. The molecule has 0 aromatic carbocycles.